The van der Waals surface area contributed by atoms with Crippen molar-refractivity contribution in [2.24, 2.45) is 4.99 Å². The Morgan fingerprint density at radius 3 is 2.24 bits per heavy atom. The van der Waals surface area contributed by atoms with Gasteiger partial charge < -0.3 is 39.4 Å². The average Bonchev–Trinajstić information content (AvgIpc) is 3.14. The zero-order valence-electron chi connectivity index (χ0n) is 32.7. The van der Waals surface area contributed by atoms with Gasteiger partial charge in [0.2, 0.25) is 6.08 Å². The highest BCUT2D eigenvalue weighted by atomic mass is 16.6. The quantitative estimate of drug-likeness (QED) is 0.126. The zero-order valence-corrected chi connectivity index (χ0v) is 32.7. The van der Waals surface area contributed by atoms with Gasteiger partial charge in [0.15, 0.2) is 11.5 Å². The van der Waals surface area contributed by atoms with E-state index in [1.54, 1.807) is 46.2 Å². The van der Waals surface area contributed by atoms with Gasteiger partial charge in [-0.3, -0.25) is 9.78 Å². The number of ether oxygens (including phenoxy) is 4. The molecule has 1 atom stereocenters. The van der Waals surface area contributed by atoms with E-state index in [0.717, 1.165) is 0 Å². The van der Waals surface area contributed by atoms with E-state index in [1.165, 1.54) is 20.4 Å². The molecule has 1 saturated heterocycles. The van der Waals surface area contributed by atoms with E-state index in [4.69, 9.17) is 18.9 Å². The Hall–Kier alpha value is -6.14. The second-order valence-corrected chi connectivity index (χ2v) is 15.0. The van der Waals surface area contributed by atoms with Crippen molar-refractivity contribution in [3.05, 3.63) is 72.1 Å². The number of rotatable bonds is 9. The number of piperazine rings is 1. The summed E-state index contributed by atoms with van der Waals surface area (Å²) in [5.74, 6) is 1.01. The second-order valence-electron chi connectivity index (χ2n) is 15.0. The van der Waals surface area contributed by atoms with Gasteiger partial charge in [-0.25, -0.2) is 14.4 Å². The van der Waals surface area contributed by atoms with Crippen LogP contribution in [0.4, 0.5) is 26.7 Å². The summed E-state index contributed by atoms with van der Waals surface area (Å²) >= 11 is 0. The molecule has 14 heteroatoms. The van der Waals surface area contributed by atoms with Crippen LogP contribution in [0.2, 0.25) is 0 Å². The van der Waals surface area contributed by atoms with Gasteiger partial charge in [0.1, 0.15) is 28.5 Å². The van der Waals surface area contributed by atoms with Crippen LogP contribution in [0.5, 0.6) is 23.0 Å². The molecule has 4 aromatic rings. The number of fused-ring (bicyclic) bond motifs is 1. The molecule has 3 aromatic carbocycles. The van der Waals surface area contributed by atoms with Crippen LogP contribution < -0.4 is 24.8 Å². The summed E-state index contributed by atoms with van der Waals surface area (Å²) in [6.45, 7) is 14.3. The Morgan fingerprint density at radius 2 is 1.60 bits per heavy atom. The monoisotopic (exact) mass is 752 g/mol. The molecule has 1 aliphatic rings. The van der Waals surface area contributed by atoms with Crippen molar-refractivity contribution in [2.75, 3.05) is 44.5 Å². The Kier molecular flexibility index (Phi) is 12.0. The number of amides is 4. The normalized spacial score (nSPS) is 14.5. The number of carbonyl (C=O) groups is 3. The number of methoxy groups -OCH3 is 2. The molecule has 2 N–H and O–H groups in total. The van der Waals surface area contributed by atoms with Crippen LogP contribution in [-0.2, 0) is 14.9 Å². The summed E-state index contributed by atoms with van der Waals surface area (Å²) in [4.78, 5) is 62.9. The smallest absolute Gasteiger partial charge is 0.410 e. The molecule has 5 rings (SSSR count). The molecule has 0 aliphatic carbocycles. The van der Waals surface area contributed by atoms with E-state index >= 15 is 0 Å². The van der Waals surface area contributed by atoms with Crippen molar-refractivity contribution in [1.82, 2.24) is 14.8 Å². The van der Waals surface area contributed by atoms with Crippen molar-refractivity contribution in [3.63, 3.8) is 0 Å². The largest absolute Gasteiger partial charge is 0.491 e. The lowest BCUT2D eigenvalue weighted by Crippen LogP contribution is -2.57. The van der Waals surface area contributed by atoms with E-state index in [-0.39, 0.29) is 40.9 Å². The van der Waals surface area contributed by atoms with Crippen molar-refractivity contribution < 1.29 is 38.1 Å². The van der Waals surface area contributed by atoms with Crippen molar-refractivity contribution >= 4 is 51.9 Å². The first-order valence-corrected chi connectivity index (χ1v) is 18.0. The highest BCUT2D eigenvalue weighted by Crippen LogP contribution is 2.49. The standard InChI is InChI=1S/C41H48N6O8/c1-10-25-23-46(19-20-47(25)39(51)55-41(5,6)7)37(49)32-21-26(17-18-42-32)54-33-16-15-30(27-13-11-12-14-28(27)33)44-38(50)45-31-22-29(40(2,3)4)34(43-24-48)36(53-9)35(31)52-8/h11-18,21-22,25H,10,19-20,23H2,1-9H3,(H2,44,45,50). The van der Waals surface area contributed by atoms with Gasteiger partial charge in [0.25, 0.3) is 5.91 Å². The molecule has 55 heavy (non-hydrogen) atoms. The number of nitrogens with one attached hydrogen (secondary N) is 2. The number of urea groups is 1. The molecule has 1 aromatic heterocycles. The highest BCUT2D eigenvalue weighted by molar-refractivity contribution is 6.08. The van der Waals surface area contributed by atoms with Gasteiger partial charge in [0.05, 0.1) is 31.6 Å². The molecule has 1 aliphatic heterocycles. The van der Waals surface area contributed by atoms with Crippen LogP contribution >= 0.6 is 0 Å². The number of hydrogen-bond donors (Lipinski definition) is 2. The molecule has 0 saturated carbocycles. The molecule has 4 amide bonds. The fourth-order valence-corrected chi connectivity index (χ4v) is 6.42. The Bertz CT molecular complexity index is 2130. The molecule has 0 bridgehead atoms. The lowest BCUT2D eigenvalue weighted by atomic mass is 9.85. The Balaban J connectivity index is 1.35. The van der Waals surface area contributed by atoms with Crippen LogP contribution in [0.1, 0.15) is 70.9 Å². The number of isocyanates is 1. The predicted octanol–water partition coefficient (Wildman–Crippen LogP) is 8.42. The van der Waals surface area contributed by atoms with Crippen LogP contribution in [0.15, 0.2) is 65.8 Å². The van der Waals surface area contributed by atoms with Gasteiger partial charge in [-0.1, -0.05) is 52.0 Å². The maximum atomic E-state index is 13.6. The molecular weight excluding hydrogens is 704 g/mol. The summed E-state index contributed by atoms with van der Waals surface area (Å²) < 4.78 is 23.1. The molecule has 1 fully saturated rings. The summed E-state index contributed by atoms with van der Waals surface area (Å²) in [5.41, 5.74) is 0.845. The second kappa shape index (κ2) is 16.5. The maximum absolute atomic E-state index is 13.6. The van der Waals surface area contributed by atoms with Gasteiger partial charge in [0, 0.05) is 42.7 Å². The number of aromatic nitrogens is 1. The van der Waals surface area contributed by atoms with Gasteiger partial charge >= 0.3 is 12.1 Å². The van der Waals surface area contributed by atoms with Crippen LogP contribution in [0.25, 0.3) is 10.8 Å². The SMILES string of the molecule is CCC1CN(C(=O)c2cc(Oc3ccc(NC(=O)Nc4cc(C(C)(C)C)c(N=C=O)c(OC)c4OC)c4ccccc34)ccn2)CCN1C(=O)OC(C)(C)C. The lowest BCUT2D eigenvalue weighted by molar-refractivity contribution is -0.00128. The molecule has 1 unspecified atom stereocenters. The fraction of sp³-hybridized carbons (Fsp3) is 0.390. The summed E-state index contributed by atoms with van der Waals surface area (Å²) in [6.07, 6.45) is 3.37. The maximum Gasteiger partial charge on any atom is 0.410 e. The van der Waals surface area contributed by atoms with E-state index < -0.39 is 17.0 Å². The predicted molar refractivity (Wildman–Crippen MR) is 210 cm³/mol. The molecule has 290 valence electrons. The van der Waals surface area contributed by atoms with Crippen molar-refractivity contribution in [1.29, 1.82) is 0 Å². The van der Waals surface area contributed by atoms with E-state index in [2.05, 4.69) is 20.6 Å². The average molecular weight is 753 g/mol. The first-order chi connectivity index (χ1) is 26.1. The van der Waals surface area contributed by atoms with Gasteiger partial charge in [-0.05, 0) is 62.4 Å². The molecule has 0 radical (unpaired) electrons. The lowest BCUT2D eigenvalue weighted by Gasteiger charge is -2.41. The number of aliphatic imine (C=N–C) groups is 1. The number of benzene rings is 3. The number of nitrogens with zero attached hydrogens (tertiary/aromatic N) is 4. The third-order valence-corrected chi connectivity index (χ3v) is 9.01. The van der Waals surface area contributed by atoms with Crippen LogP contribution in [0.3, 0.4) is 0 Å². The summed E-state index contributed by atoms with van der Waals surface area (Å²) in [6, 6.07) is 15.1. The van der Waals surface area contributed by atoms with Crippen molar-refractivity contribution in [3.8, 4) is 23.0 Å². The number of anilines is 2. The Labute approximate surface area is 320 Å². The highest BCUT2D eigenvalue weighted by Gasteiger charge is 2.35. The van der Waals surface area contributed by atoms with E-state index in [1.807, 2.05) is 72.7 Å². The molecule has 2 heterocycles. The molecule has 14 nitrogen and oxygen atoms in total. The van der Waals surface area contributed by atoms with E-state index in [9.17, 15) is 19.2 Å². The summed E-state index contributed by atoms with van der Waals surface area (Å²) in [5, 5.41) is 7.18. The molecule has 0 spiro atoms. The third kappa shape index (κ3) is 9.15. The minimum Gasteiger partial charge on any atom is -0.491 e. The number of pyridine rings is 1. The zero-order chi connectivity index (χ0) is 40.1. The minimum atomic E-state index is -0.618. The van der Waals surface area contributed by atoms with Crippen molar-refractivity contribution in [2.45, 2.75) is 71.9 Å². The number of carbonyl (C=O) groups excluding carboxylic acids is 4. The summed E-state index contributed by atoms with van der Waals surface area (Å²) in [7, 11) is 2.86. The van der Waals surface area contributed by atoms with Gasteiger partial charge in [-0.2, -0.15) is 4.99 Å². The Morgan fingerprint density at radius 1 is 0.909 bits per heavy atom. The third-order valence-electron chi connectivity index (χ3n) is 9.01. The molecular formula is C41H48N6O8. The van der Waals surface area contributed by atoms with Gasteiger partial charge in [-0.15, -0.1) is 0 Å². The first kappa shape index (κ1) is 40.1. The first-order valence-electron chi connectivity index (χ1n) is 18.0. The van der Waals surface area contributed by atoms with E-state index in [0.29, 0.717) is 65.3 Å². The van der Waals surface area contributed by atoms with Crippen LogP contribution in [0, 0.1) is 0 Å². The minimum absolute atomic E-state index is 0.187. The van der Waals surface area contributed by atoms with Crippen LogP contribution in [-0.4, -0.2) is 84.4 Å². The number of hydrogen-bond acceptors (Lipinski definition) is 10. The topological polar surface area (TPSA) is 161 Å². The fourth-order valence-electron chi connectivity index (χ4n) is 6.42.